The Hall–Kier alpha value is -0.550. The van der Waals surface area contributed by atoms with E-state index in [1.807, 2.05) is 0 Å². The van der Waals surface area contributed by atoms with Crippen LogP contribution in [0.5, 0.6) is 0 Å². The number of alkyl halides is 1. The van der Waals surface area contributed by atoms with E-state index in [0.717, 1.165) is 13.1 Å². The zero-order valence-corrected chi connectivity index (χ0v) is 13.4. The van der Waals surface area contributed by atoms with Gasteiger partial charge in [-0.2, -0.15) is 0 Å². The second kappa shape index (κ2) is 3.76. The van der Waals surface area contributed by atoms with Crippen LogP contribution in [0.25, 0.3) is 0 Å². The van der Waals surface area contributed by atoms with E-state index in [9.17, 15) is 0 Å². The Morgan fingerprint density at radius 3 is 2.68 bits per heavy atom. The molecule has 3 heteroatoms. The van der Waals surface area contributed by atoms with E-state index in [-0.39, 0.29) is 9.21 Å². The van der Waals surface area contributed by atoms with Crippen LogP contribution in [0.3, 0.4) is 0 Å². The van der Waals surface area contributed by atoms with Crippen molar-refractivity contribution in [3.05, 3.63) is 42.0 Å². The van der Waals surface area contributed by atoms with E-state index in [1.165, 1.54) is 11.3 Å². The molecule has 2 unspecified atom stereocenters. The van der Waals surface area contributed by atoms with Crippen molar-refractivity contribution >= 4 is 28.3 Å². The molecule has 0 amide bonds. The Morgan fingerprint density at radius 2 is 2.00 bits per heavy atom. The molecule has 2 saturated heterocycles. The maximum absolute atomic E-state index is 6.39. The van der Waals surface area contributed by atoms with E-state index >= 15 is 0 Å². The van der Waals surface area contributed by atoms with Gasteiger partial charge in [-0.3, -0.25) is 0 Å². The Morgan fingerprint density at radius 1 is 1.26 bits per heavy atom. The third-order valence-electron chi connectivity index (χ3n) is 5.05. The maximum Gasteiger partial charge on any atom is 0.141 e. The summed E-state index contributed by atoms with van der Waals surface area (Å²) >= 11 is 2.48. The molecule has 3 aliphatic rings. The molecule has 0 N–H and O–H groups in total. The first kappa shape index (κ1) is 12.2. The molecule has 19 heavy (non-hydrogen) atoms. The highest BCUT2D eigenvalue weighted by Gasteiger charge is 2.64. The highest BCUT2D eigenvalue weighted by atomic mass is 127. The van der Waals surface area contributed by atoms with E-state index in [2.05, 4.69) is 77.8 Å². The molecule has 1 aromatic carbocycles. The van der Waals surface area contributed by atoms with Gasteiger partial charge in [0.15, 0.2) is 0 Å². The first-order chi connectivity index (χ1) is 9.02. The third kappa shape index (κ3) is 1.57. The maximum atomic E-state index is 6.39. The third-order valence-corrected chi connectivity index (χ3v) is 6.61. The van der Waals surface area contributed by atoms with Crippen molar-refractivity contribution in [3.63, 3.8) is 0 Å². The van der Waals surface area contributed by atoms with Crippen LogP contribution < -0.4 is 4.90 Å². The summed E-state index contributed by atoms with van der Waals surface area (Å²) in [7, 11) is 0. The molecular formula is C16H18INO. The van der Waals surface area contributed by atoms with Crippen LogP contribution in [0.2, 0.25) is 0 Å². The Labute approximate surface area is 128 Å². The fraction of sp³-hybridized carbons (Fsp3) is 0.500. The first-order valence-corrected chi connectivity index (χ1v) is 8.01. The number of fused-ring (bicyclic) bond motifs is 1. The van der Waals surface area contributed by atoms with Crippen LogP contribution in [0, 0.1) is 18.8 Å². The van der Waals surface area contributed by atoms with Gasteiger partial charge >= 0.3 is 0 Å². The summed E-state index contributed by atoms with van der Waals surface area (Å²) in [5.74, 6) is 1.21. The fourth-order valence-corrected chi connectivity index (χ4v) is 4.85. The van der Waals surface area contributed by atoms with E-state index in [0.29, 0.717) is 11.8 Å². The minimum atomic E-state index is -0.0538. The van der Waals surface area contributed by atoms with Gasteiger partial charge in [0.25, 0.3) is 0 Å². The molecule has 1 spiro atoms. The second-order valence-electron chi connectivity index (χ2n) is 6.20. The van der Waals surface area contributed by atoms with Gasteiger partial charge in [0, 0.05) is 24.1 Å². The predicted octanol–water partition coefficient (Wildman–Crippen LogP) is 3.54. The molecule has 3 aliphatic heterocycles. The summed E-state index contributed by atoms with van der Waals surface area (Å²) in [5.41, 5.74) is 2.60. The molecule has 2 bridgehead atoms. The molecule has 4 atom stereocenters. The highest BCUT2D eigenvalue weighted by molar-refractivity contribution is 14.1. The quantitative estimate of drug-likeness (QED) is 0.428. The van der Waals surface area contributed by atoms with Crippen LogP contribution >= 0.6 is 22.6 Å². The van der Waals surface area contributed by atoms with Crippen LogP contribution in [0.1, 0.15) is 12.5 Å². The number of hydrogen-bond donors (Lipinski definition) is 0. The van der Waals surface area contributed by atoms with Crippen molar-refractivity contribution in [2.75, 3.05) is 18.0 Å². The number of rotatable bonds is 1. The summed E-state index contributed by atoms with van der Waals surface area (Å²) in [4.78, 5) is 2.48. The molecular weight excluding hydrogens is 349 g/mol. The molecule has 2 fully saturated rings. The molecule has 100 valence electrons. The number of anilines is 1. The summed E-state index contributed by atoms with van der Waals surface area (Å²) in [6.07, 6.45) is 4.59. The molecule has 3 heterocycles. The van der Waals surface area contributed by atoms with Crippen LogP contribution in [-0.2, 0) is 4.74 Å². The predicted molar refractivity (Wildman–Crippen MR) is 85.8 cm³/mol. The lowest BCUT2D eigenvalue weighted by atomic mass is 9.79. The molecule has 0 aromatic heterocycles. The van der Waals surface area contributed by atoms with Gasteiger partial charge in [0.2, 0.25) is 0 Å². The monoisotopic (exact) mass is 367 g/mol. The van der Waals surface area contributed by atoms with E-state index in [4.69, 9.17) is 4.74 Å². The van der Waals surface area contributed by atoms with Crippen LogP contribution in [0.4, 0.5) is 5.69 Å². The van der Waals surface area contributed by atoms with Gasteiger partial charge in [-0.25, -0.2) is 0 Å². The Bertz CT molecular complexity index is 554. The van der Waals surface area contributed by atoms with Crippen molar-refractivity contribution in [2.24, 2.45) is 11.8 Å². The van der Waals surface area contributed by atoms with Crippen molar-refractivity contribution < 1.29 is 4.74 Å². The van der Waals surface area contributed by atoms with Gasteiger partial charge in [-0.15, -0.1) is 0 Å². The standard InChI is InChI=1S/C16H18INO/c1-11-3-5-13(6-4-11)18-9-14-12(2)16(17)8-7-15(14,10-18)19-16/h3-8,12,14H,9-10H2,1-2H3/t12?,14?,15-,16-/m0/s1. The van der Waals surface area contributed by atoms with Crippen molar-refractivity contribution in [1.82, 2.24) is 0 Å². The molecule has 1 aromatic rings. The molecule has 0 saturated carbocycles. The number of aryl methyl sites for hydroxylation is 1. The van der Waals surface area contributed by atoms with E-state index in [1.54, 1.807) is 0 Å². The lowest BCUT2D eigenvalue weighted by Crippen LogP contribution is -2.34. The average molecular weight is 367 g/mol. The SMILES string of the molecule is Cc1ccc(N2CC3C(C)[C@]4(I)C=C[C@@]3(C2)O4)cc1. The number of benzene rings is 1. The van der Waals surface area contributed by atoms with Gasteiger partial charge in [-0.1, -0.05) is 30.7 Å². The van der Waals surface area contributed by atoms with E-state index < -0.39 is 0 Å². The van der Waals surface area contributed by atoms with Gasteiger partial charge in [0.1, 0.15) is 9.21 Å². The topological polar surface area (TPSA) is 12.5 Å². The zero-order chi connectivity index (χ0) is 13.3. The minimum absolute atomic E-state index is 0.0362. The van der Waals surface area contributed by atoms with Crippen molar-refractivity contribution in [2.45, 2.75) is 23.1 Å². The summed E-state index contributed by atoms with van der Waals surface area (Å²) in [6.45, 7) is 6.57. The minimum Gasteiger partial charge on any atom is -0.368 e. The number of ether oxygens (including phenoxy) is 1. The lowest BCUT2D eigenvalue weighted by Gasteiger charge is -2.26. The summed E-state index contributed by atoms with van der Waals surface area (Å²) < 4.78 is 6.34. The van der Waals surface area contributed by atoms with Crippen molar-refractivity contribution in [1.29, 1.82) is 0 Å². The smallest absolute Gasteiger partial charge is 0.141 e. The Kier molecular flexibility index (Phi) is 2.41. The largest absolute Gasteiger partial charge is 0.368 e. The van der Waals surface area contributed by atoms with Crippen LogP contribution in [-0.4, -0.2) is 22.3 Å². The fourth-order valence-electron chi connectivity index (χ4n) is 3.82. The van der Waals surface area contributed by atoms with Gasteiger partial charge in [0.05, 0.1) is 6.54 Å². The van der Waals surface area contributed by atoms with Crippen molar-refractivity contribution in [3.8, 4) is 0 Å². The molecule has 2 nitrogen and oxygen atoms in total. The molecule has 0 radical (unpaired) electrons. The second-order valence-corrected chi connectivity index (χ2v) is 7.89. The zero-order valence-electron chi connectivity index (χ0n) is 11.3. The first-order valence-electron chi connectivity index (χ1n) is 6.94. The number of hydrogen-bond acceptors (Lipinski definition) is 2. The normalized spacial score (nSPS) is 43.0. The lowest BCUT2D eigenvalue weighted by molar-refractivity contribution is 0.0245. The van der Waals surface area contributed by atoms with Gasteiger partial charge < -0.3 is 9.64 Å². The number of halogens is 1. The summed E-state index contributed by atoms with van der Waals surface area (Å²) in [6, 6.07) is 8.85. The Balaban J connectivity index is 1.65. The average Bonchev–Trinajstić information content (AvgIpc) is 2.97. The molecule has 0 aliphatic carbocycles. The summed E-state index contributed by atoms with van der Waals surface area (Å²) in [5, 5.41) is 0. The molecule has 4 rings (SSSR count). The van der Waals surface area contributed by atoms with Gasteiger partial charge in [-0.05, 0) is 47.7 Å². The highest BCUT2D eigenvalue weighted by Crippen LogP contribution is 2.59. The van der Waals surface area contributed by atoms with Crippen LogP contribution in [0.15, 0.2) is 36.4 Å². The number of nitrogens with zero attached hydrogens (tertiary/aromatic N) is 1.